The van der Waals surface area contributed by atoms with Gasteiger partial charge in [0, 0.05) is 49.0 Å². The van der Waals surface area contributed by atoms with Crippen LogP contribution >= 0.6 is 0 Å². The number of piperidine rings is 2. The molecule has 4 aliphatic heterocycles. The topological polar surface area (TPSA) is 138 Å². The molecule has 2 saturated heterocycles. The zero-order valence-electron chi connectivity index (χ0n) is 41.9. The van der Waals surface area contributed by atoms with E-state index in [0.29, 0.717) is 48.5 Å². The predicted octanol–water partition coefficient (Wildman–Crippen LogP) is 10.4. The van der Waals surface area contributed by atoms with Gasteiger partial charge >= 0.3 is 12.1 Å². The van der Waals surface area contributed by atoms with Gasteiger partial charge in [-0.15, -0.1) is 0 Å². The van der Waals surface area contributed by atoms with Gasteiger partial charge in [0.2, 0.25) is 11.9 Å². The molecule has 6 heterocycles. The second-order valence-electron chi connectivity index (χ2n) is 19.2. The summed E-state index contributed by atoms with van der Waals surface area (Å²) in [6.45, 7) is 11.7. The molecule has 2 fully saturated rings. The SMILES string of the molecule is CCc1cc(C2CCN(C)CC2)ccc1Nc1ncc2c(n1)N(C)C(=O)N(c1c(C)cccc1C)C2.COc1cc(C2CCN(C)CC2)ccc1Nc1ncc2c(n1)N(C)C(=O)N(c1ccccc1)C2. The van der Waals surface area contributed by atoms with Gasteiger partial charge in [-0.2, -0.15) is 9.97 Å². The number of anilines is 8. The number of nitrogens with one attached hydrogen (secondary N) is 2. The first kappa shape index (κ1) is 47.9. The number of amides is 4. The van der Waals surface area contributed by atoms with Crippen molar-refractivity contribution in [3.63, 3.8) is 0 Å². The molecule has 364 valence electrons. The molecule has 15 nitrogen and oxygen atoms in total. The van der Waals surface area contributed by atoms with Crippen LogP contribution in [0.3, 0.4) is 0 Å². The number of urea groups is 2. The first-order valence-electron chi connectivity index (χ1n) is 24.5. The normalized spacial score (nSPS) is 16.9. The summed E-state index contributed by atoms with van der Waals surface area (Å²) < 4.78 is 5.68. The zero-order chi connectivity index (χ0) is 49.1. The summed E-state index contributed by atoms with van der Waals surface area (Å²) in [4.78, 5) is 56.4. The second-order valence-corrected chi connectivity index (χ2v) is 19.2. The van der Waals surface area contributed by atoms with E-state index in [1.165, 1.54) is 29.5 Å². The summed E-state index contributed by atoms with van der Waals surface area (Å²) in [6.07, 6.45) is 9.27. The molecular formula is C55H66N12O3. The van der Waals surface area contributed by atoms with Crippen molar-refractivity contribution in [3.8, 4) is 5.75 Å². The Morgan fingerprint density at radius 2 is 1.11 bits per heavy atom. The minimum atomic E-state index is -0.122. The van der Waals surface area contributed by atoms with Crippen molar-refractivity contribution in [1.82, 2.24) is 29.7 Å². The van der Waals surface area contributed by atoms with Crippen molar-refractivity contribution >= 4 is 58.3 Å². The molecule has 4 aliphatic rings. The molecule has 0 radical (unpaired) electrons. The largest absolute Gasteiger partial charge is 0.495 e. The predicted molar refractivity (Wildman–Crippen MR) is 281 cm³/mol. The lowest BCUT2D eigenvalue weighted by atomic mass is 9.88. The van der Waals surface area contributed by atoms with E-state index in [1.54, 1.807) is 42.1 Å². The number of benzene rings is 4. The number of aromatic nitrogens is 4. The van der Waals surface area contributed by atoms with E-state index >= 15 is 0 Å². The van der Waals surface area contributed by atoms with Crippen LogP contribution in [0.15, 0.2) is 97.3 Å². The quantitative estimate of drug-likeness (QED) is 0.136. The van der Waals surface area contributed by atoms with Crippen molar-refractivity contribution in [2.45, 2.75) is 77.8 Å². The molecule has 70 heavy (non-hydrogen) atoms. The van der Waals surface area contributed by atoms with Gasteiger partial charge in [0.15, 0.2) is 0 Å². The van der Waals surface area contributed by atoms with Crippen LogP contribution in [0.2, 0.25) is 0 Å². The highest BCUT2D eigenvalue weighted by atomic mass is 16.5. The van der Waals surface area contributed by atoms with Crippen LogP contribution in [-0.2, 0) is 19.5 Å². The van der Waals surface area contributed by atoms with Crippen molar-refractivity contribution in [1.29, 1.82) is 0 Å². The number of ether oxygens (including phenoxy) is 1. The van der Waals surface area contributed by atoms with E-state index < -0.39 is 0 Å². The van der Waals surface area contributed by atoms with Gasteiger partial charge in [0.05, 0.1) is 31.6 Å². The third-order valence-electron chi connectivity index (χ3n) is 14.4. The number of fused-ring (bicyclic) bond motifs is 2. The van der Waals surface area contributed by atoms with Crippen LogP contribution in [0.4, 0.5) is 55.9 Å². The Balaban J connectivity index is 0.000000174. The van der Waals surface area contributed by atoms with E-state index in [-0.39, 0.29) is 12.1 Å². The zero-order valence-corrected chi connectivity index (χ0v) is 41.9. The molecule has 0 unspecified atom stereocenters. The molecule has 0 spiro atoms. The Hall–Kier alpha value is -7.10. The lowest BCUT2D eigenvalue weighted by Gasteiger charge is -2.35. The van der Waals surface area contributed by atoms with Crippen LogP contribution in [0.5, 0.6) is 5.75 Å². The molecular weight excluding hydrogens is 877 g/mol. The van der Waals surface area contributed by atoms with Gasteiger partial charge in [-0.3, -0.25) is 19.6 Å². The summed E-state index contributed by atoms with van der Waals surface area (Å²) in [5.74, 6) is 4.13. The molecule has 4 amide bonds. The van der Waals surface area contributed by atoms with Crippen molar-refractivity contribution in [2.75, 3.05) is 91.7 Å². The minimum absolute atomic E-state index is 0.0822. The van der Waals surface area contributed by atoms with E-state index in [2.05, 4.69) is 86.7 Å². The lowest BCUT2D eigenvalue weighted by molar-refractivity contribution is 0.250. The molecule has 15 heteroatoms. The van der Waals surface area contributed by atoms with Crippen LogP contribution in [0.25, 0.3) is 0 Å². The number of hydrogen-bond donors (Lipinski definition) is 2. The molecule has 0 atom stereocenters. The summed E-state index contributed by atoms with van der Waals surface area (Å²) >= 11 is 0. The maximum absolute atomic E-state index is 13.3. The van der Waals surface area contributed by atoms with Gasteiger partial charge in [-0.05, 0) is 156 Å². The molecule has 0 bridgehead atoms. The van der Waals surface area contributed by atoms with Gasteiger partial charge in [0.25, 0.3) is 0 Å². The van der Waals surface area contributed by atoms with E-state index in [4.69, 9.17) is 9.72 Å². The van der Waals surface area contributed by atoms with E-state index in [1.807, 2.05) is 79.5 Å². The molecule has 10 rings (SSSR count). The highest BCUT2D eigenvalue weighted by molar-refractivity contribution is 6.06. The average Bonchev–Trinajstić information content (AvgIpc) is 3.38. The van der Waals surface area contributed by atoms with Crippen molar-refractivity contribution in [3.05, 3.63) is 136 Å². The molecule has 6 aromatic rings. The van der Waals surface area contributed by atoms with Crippen LogP contribution < -0.4 is 35.0 Å². The van der Waals surface area contributed by atoms with Crippen LogP contribution in [-0.4, -0.2) is 103 Å². The number of nitrogens with zero attached hydrogens (tertiary/aromatic N) is 10. The average molecular weight is 943 g/mol. The first-order valence-corrected chi connectivity index (χ1v) is 24.5. The molecule has 2 N–H and O–H groups in total. The number of methoxy groups -OCH3 is 1. The van der Waals surface area contributed by atoms with E-state index in [0.717, 1.165) is 96.2 Å². The monoisotopic (exact) mass is 943 g/mol. The number of hydrogen-bond acceptors (Lipinski definition) is 11. The maximum Gasteiger partial charge on any atom is 0.330 e. The Bertz CT molecular complexity index is 2820. The molecule has 2 aromatic heterocycles. The number of likely N-dealkylation sites (tertiary alicyclic amines) is 2. The fourth-order valence-corrected chi connectivity index (χ4v) is 10.2. The fraction of sp³-hybridized carbons (Fsp3) is 0.382. The van der Waals surface area contributed by atoms with Gasteiger partial charge in [-0.1, -0.05) is 61.5 Å². The first-order chi connectivity index (χ1) is 33.9. The highest BCUT2D eigenvalue weighted by Gasteiger charge is 2.33. The van der Waals surface area contributed by atoms with Gasteiger partial charge < -0.3 is 25.2 Å². The summed E-state index contributed by atoms with van der Waals surface area (Å²) in [6, 6.07) is 28.6. The Kier molecular flexibility index (Phi) is 14.3. The third kappa shape index (κ3) is 10.1. The summed E-state index contributed by atoms with van der Waals surface area (Å²) in [5.41, 5.74) is 11.6. The number of carbonyl (C=O) groups excluding carboxylic acids is 2. The van der Waals surface area contributed by atoms with Crippen molar-refractivity contribution < 1.29 is 14.3 Å². The fourth-order valence-electron chi connectivity index (χ4n) is 10.2. The number of aryl methyl sites for hydroxylation is 3. The maximum atomic E-state index is 13.3. The molecule has 0 saturated carbocycles. The minimum Gasteiger partial charge on any atom is -0.495 e. The van der Waals surface area contributed by atoms with Crippen LogP contribution in [0, 0.1) is 13.8 Å². The Labute approximate surface area is 412 Å². The van der Waals surface area contributed by atoms with Crippen LogP contribution in [0.1, 0.15) is 83.4 Å². The number of carbonyl (C=O) groups is 2. The smallest absolute Gasteiger partial charge is 0.330 e. The van der Waals surface area contributed by atoms with Gasteiger partial charge in [0.1, 0.15) is 17.4 Å². The number of para-hydroxylation sites is 2. The molecule has 4 aromatic carbocycles. The Morgan fingerprint density at radius 1 is 0.614 bits per heavy atom. The third-order valence-corrected chi connectivity index (χ3v) is 14.4. The number of rotatable bonds is 10. The molecule has 0 aliphatic carbocycles. The summed E-state index contributed by atoms with van der Waals surface area (Å²) in [5, 5.41) is 6.71. The summed E-state index contributed by atoms with van der Waals surface area (Å²) in [7, 11) is 9.57. The van der Waals surface area contributed by atoms with E-state index in [9.17, 15) is 9.59 Å². The lowest BCUT2D eigenvalue weighted by Crippen LogP contribution is -2.46. The Morgan fingerprint density at radius 3 is 1.66 bits per heavy atom. The van der Waals surface area contributed by atoms with Crippen molar-refractivity contribution in [2.24, 2.45) is 0 Å². The second kappa shape index (κ2) is 20.9. The standard InChI is InChI=1S/C29H36N6O.C26H30N6O2/c1-6-21-16-23(22-12-14-33(4)15-13-22)10-11-25(21)31-28-30-17-24-18-35(29(36)34(5)27(24)32-28)26-19(2)8-7-9-20(26)3;1-30-13-11-18(12-14-30)19-9-10-22(23(15-19)34-3)28-25-27-16-20-17-32(21-7-5-4-6-8-21)26(33)31(2)24(20)29-25/h7-11,16-17,22H,6,12-15,18H2,1-5H3,(H,30,31,32);4-10,15-16,18H,11-14,17H2,1-3H3,(H,27,28,29). The van der Waals surface area contributed by atoms with Gasteiger partial charge in [-0.25, -0.2) is 19.6 Å². The highest BCUT2D eigenvalue weighted by Crippen LogP contribution is 2.38.